The minimum atomic E-state index is -0.839. The van der Waals surface area contributed by atoms with Gasteiger partial charge in [0.25, 0.3) is 0 Å². The molecule has 0 saturated heterocycles. The zero-order valence-electron chi connectivity index (χ0n) is 9.21. The quantitative estimate of drug-likeness (QED) is 0.720. The van der Waals surface area contributed by atoms with Crippen LogP contribution in [0.15, 0.2) is 36.4 Å². The molecule has 86 valence electrons. The molecule has 17 heavy (non-hydrogen) atoms. The van der Waals surface area contributed by atoms with Crippen molar-refractivity contribution in [3.8, 4) is 11.1 Å². The standard InChI is InChI=1S/C14H10F2O/c1-9-2-4-10(5-3-9)11-6-7-13(15)12(8-17)14(11)16/h2-8H,1H3. The molecule has 2 aromatic carbocycles. The third-order valence-corrected chi connectivity index (χ3v) is 2.61. The van der Waals surface area contributed by atoms with E-state index in [0.717, 1.165) is 11.6 Å². The van der Waals surface area contributed by atoms with Gasteiger partial charge in [0.15, 0.2) is 6.29 Å². The van der Waals surface area contributed by atoms with Crippen molar-refractivity contribution in [2.75, 3.05) is 0 Å². The van der Waals surface area contributed by atoms with E-state index in [4.69, 9.17) is 0 Å². The molecule has 2 rings (SSSR count). The van der Waals surface area contributed by atoms with Crippen molar-refractivity contribution >= 4 is 6.29 Å². The lowest BCUT2D eigenvalue weighted by Crippen LogP contribution is -1.96. The fraction of sp³-hybridized carbons (Fsp3) is 0.0714. The first-order valence-electron chi connectivity index (χ1n) is 5.13. The third-order valence-electron chi connectivity index (χ3n) is 2.61. The third kappa shape index (κ3) is 2.09. The fourth-order valence-corrected chi connectivity index (χ4v) is 1.63. The number of rotatable bonds is 2. The zero-order valence-corrected chi connectivity index (χ0v) is 9.21. The van der Waals surface area contributed by atoms with Crippen molar-refractivity contribution in [2.24, 2.45) is 0 Å². The van der Waals surface area contributed by atoms with Crippen LogP contribution in [0.4, 0.5) is 8.78 Å². The van der Waals surface area contributed by atoms with E-state index in [0.29, 0.717) is 5.56 Å². The molecular formula is C14H10F2O. The van der Waals surface area contributed by atoms with Gasteiger partial charge in [-0.2, -0.15) is 0 Å². The summed E-state index contributed by atoms with van der Waals surface area (Å²) in [6.07, 6.45) is 0.197. The number of carbonyl (C=O) groups is 1. The molecule has 1 nitrogen and oxygen atoms in total. The van der Waals surface area contributed by atoms with Crippen molar-refractivity contribution in [1.82, 2.24) is 0 Å². The van der Waals surface area contributed by atoms with Gasteiger partial charge in [0, 0.05) is 5.56 Å². The summed E-state index contributed by atoms with van der Waals surface area (Å²) in [5.41, 5.74) is 1.37. The van der Waals surface area contributed by atoms with E-state index in [1.54, 1.807) is 12.1 Å². The number of benzene rings is 2. The van der Waals surface area contributed by atoms with Gasteiger partial charge >= 0.3 is 0 Å². The summed E-state index contributed by atoms with van der Waals surface area (Å²) in [5.74, 6) is -1.66. The molecule has 0 heterocycles. The highest BCUT2D eigenvalue weighted by atomic mass is 19.1. The van der Waals surface area contributed by atoms with E-state index in [9.17, 15) is 13.6 Å². The number of carbonyl (C=O) groups excluding carboxylic acids is 1. The van der Waals surface area contributed by atoms with Crippen LogP contribution in [0.1, 0.15) is 15.9 Å². The molecule has 0 amide bonds. The summed E-state index contributed by atoms with van der Waals surface area (Å²) in [6.45, 7) is 1.92. The zero-order chi connectivity index (χ0) is 12.4. The summed E-state index contributed by atoms with van der Waals surface area (Å²) in [6, 6.07) is 9.57. The number of hydrogen-bond acceptors (Lipinski definition) is 1. The van der Waals surface area contributed by atoms with E-state index in [2.05, 4.69) is 0 Å². The van der Waals surface area contributed by atoms with Crippen LogP contribution in [0.5, 0.6) is 0 Å². The van der Waals surface area contributed by atoms with Gasteiger partial charge in [0.05, 0.1) is 5.56 Å². The molecule has 0 atom stereocenters. The molecular weight excluding hydrogens is 222 g/mol. The van der Waals surface area contributed by atoms with Crippen LogP contribution >= 0.6 is 0 Å². The van der Waals surface area contributed by atoms with Gasteiger partial charge in [0.1, 0.15) is 11.6 Å². The first-order chi connectivity index (χ1) is 8.13. The highest BCUT2D eigenvalue weighted by molar-refractivity contribution is 5.80. The molecule has 0 unspecified atom stereocenters. The van der Waals surface area contributed by atoms with Gasteiger partial charge in [-0.1, -0.05) is 29.8 Å². The minimum Gasteiger partial charge on any atom is -0.298 e. The van der Waals surface area contributed by atoms with Crippen LogP contribution in [0.25, 0.3) is 11.1 Å². The van der Waals surface area contributed by atoms with Gasteiger partial charge in [-0.15, -0.1) is 0 Å². The second kappa shape index (κ2) is 4.45. The molecule has 0 aliphatic rings. The van der Waals surface area contributed by atoms with Gasteiger partial charge < -0.3 is 0 Å². The topological polar surface area (TPSA) is 17.1 Å². The molecule has 0 aromatic heterocycles. The van der Waals surface area contributed by atoms with E-state index in [1.807, 2.05) is 19.1 Å². The van der Waals surface area contributed by atoms with Crippen LogP contribution in [0, 0.1) is 18.6 Å². The lowest BCUT2D eigenvalue weighted by Gasteiger charge is -2.06. The number of hydrogen-bond donors (Lipinski definition) is 0. The Morgan fingerprint density at radius 2 is 1.65 bits per heavy atom. The average Bonchev–Trinajstić information content (AvgIpc) is 2.31. The summed E-state index contributed by atoms with van der Waals surface area (Å²) >= 11 is 0. The Hall–Kier alpha value is -2.03. The van der Waals surface area contributed by atoms with Crippen molar-refractivity contribution < 1.29 is 13.6 Å². The second-order valence-corrected chi connectivity index (χ2v) is 3.81. The van der Waals surface area contributed by atoms with Crippen molar-refractivity contribution in [2.45, 2.75) is 6.92 Å². The molecule has 0 N–H and O–H groups in total. The highest BCUT2D eigenvalue weighted by Crippen LogP contribution is 2.26. The Kier molecular flexibility index (Phi) is 3.00. The van der Waals surface area contributed by atoms with Gasteiger partial charge in [-0.25, -0.2) is 8.78 Å². The smallest absolute Gasteiger partial charge is 0.155 e. The normalized spacial score (nSPS) is 10.3. The minimum absolute atomic E-state index is 0.197. The summed E-state index contributed by atoms with van der Waals surface area (Å²) in [5, 5.41) is 0. The van der Waals surface area contributed by atoms with Crippen LogP contribution < -0.4 is 0 Å². The van der Waals surface area contributed by atoms with E-state index < -0.39 is 17.2 Å². The van der Waals surface area contributed by atoms with E-state index >= 15 is 0 Å². The number of aldehydes is 1. The molecule has 0 spiro atoms. The lowest BCUT2D eigenvalue weighted by atomic mass is 10.0. The first-order valence-corrected chi connectivity index (χ1v) is 5.13. The molecule has 2 aromatic rings. The molecule has 0 radical (unpaired) electrons. The van der Waals surface area contributed by atoms with Gasteiger partial charge in [-0.3, -0.25) is 4.79 Å². The van der Waals surface area contributed by atoms with Crippen molar-refractivity contribution in [1.29, 1.82) is 0 Å². The van der Waals surface area contributed by atoms with Crippen LogP contribution in [-0.2, 0) is 0 Å². The predicted octanol–water partition coefficient (Wildman–Crippen LogP) is 3.75. The second-order valence-electron chi connectivity index (χ2n) is 3.81. The van der Waals surface area contributed by atoms with E-state index in [-0.39, 0.29) is 11.8 Å². The van der Waals surface area contributed by atoms with Gasteiger partial charge in [-0.05, 0) is 24.6 Å². The number of aryl methyl sites for hydroxylation is 1. The van der Waals surface area contributed by atoms with Crippen molar-refractivity contribution in [3.05, 3.63) is 59.2 Å². The maximum Gasteiger partial charge on any atom is 0.155 e. The first kappa shape index (κ1) is 11.5. The van der Waals surface area contributed by atoms with Crippen molar-refractivity contribution in [3.63, 3.8) is 0 Å². The Morgan fingerprint density at radius 3 is 2.24 bits per heavy atom. The van der Waals surface area contributed by atoms with Crippen LogP contribution in [-0.4, -0.2) is 6.29 Å². The monoisotopic (exact) mass is 232 g/mol. The largest absolute Gasteiger partial charge is 0.298 e. The summed E-state index contributed by atoms with van der Waals surface area (Å²) in [7, 11) is 0. The Labute approximate surface area is 97.7 Å². The molecule has 3 heteroatoms. The highest BCUT2D eigenvalue weighted by Gasteiger charge is 2.13. The lowest BCUT2D eigenvalue weighted by molar-refractivity contribution is 0.111. The SMILES string of the molecule is Cc1ccc(-c2ccc(F)c(C=O)c2F)cc1. The van der Waals surface area contributed by atoms with Gasteiger partial charge in [0.2, 0.25) is 0 Å². The molecule has 0 bridgehead atoms. The average molecular weight is 232 g/mol. The Bertz CT molecular complexity index is 559. The maximum atomic E-state index is 13.8. The fourth-order valence-electron chi connectivity index (χ4n) is 1.63. The molecule has 0 saturated carbocycles. The van der Waals surface area contributed by atoms with Crippen LogP contribution in [0.2, 0.25) is 0 Å². The molecule has 0 fully saturated rings. The van der Waals surface area contributed by atoms with Crippen LogP contribution in [0.3, 0.4) is 0 Å². The molecule has 0 aliphatic heterocycles. The maximum absolute atomic E-state index is 13.8. The molecule has 0 aliphatic carbocycles. The summed E-state index contributed by atoms with van der Waals surface area (Å²) < 4.78 is 27.0. The Balaban J connectivity index is 2.60. The summed E-state index contributed by atoms with van der Waals surface area (Å²) in [4.78, 5) is 10.6. The predicted molar refractivity (Wildman–Crippen MR) is 61.9 cm³/mol. The Morgan fingerprint density at radius 1 is 1.00 bits per heavy atom. The van der Waals surface area contributed by atoms with E-state index in [1.165, 1.54) is 6.07 Å². The number of halogens is 2.